The monoisotopic (exact) mass is 244 g/mol. The van der Waals surface area contributed by atoms with E-state index in [2.05, 4.69) is 5.32 Å². The van der Waals surface area contributed by atoms with E-state index < -0.39 is 11.2 Å². The fraction of sp³-hybridized carbons (Fsp3) is 0.917. The molecule has 0 aromatic carbocycles. The van der Waals surface area contributed by atoms with Crippen LogP contribution < -0.4 is 11.1 Å². The van der Waals surface area contributed by atoms with Crippen molar-refractivity contribution < 1.29 is 14.6 Å². The summed E-state index contributed by atoms with van der Waals surface area (Å²) in [7, 11) is 0. The summed E-state index contributed by atoms with van der Waals surface area (Å²) in [5, 5.41) is 12.8. The van der Waals surface area contributed by atoms with E-state index in [1.165, 1.54) is 0 Å². The number of aliphatic hydroxyl groups is 1. The van der Waals surface area contributed by atoms with E-state index in [0.29, 0.717) is 12.8 Å². The first-order chi connectivity index (χ1) is 7.74. The average molecular weight is 244 g/mol. The number of nitrogens with two attached hydrogens (primary N) is 1. The molecule has 1 fully saturated rings. The van der Waals surface area contributed by atoms with Gasteiger partial charge in [0.15, 0.2) is 0 Å². The minimum atomic E-state index is -0.744. The van der Waals surface area contributed by atoms with E-state index >= 15 is 0 Å². The number of nitrogens with one attached hydrogen (secondary N) is 1. The molecule has 17 heavy (non-hydrogen) atoms. The molecule has 5 nitrogen and oxygen atoms in total. The zero-order valence-electron chi connectivity index (χ0n) is 11.0. The van der Waals surface area contributed by atoms with E-state index in [-0.39, 0.29) is 18.7 Å². The number of carbonyl (C=O) groups excluding carboxylic acids is 1. The van der Waals surface area contributed by atoms with E-state index in [1.807, 2.05) is 20.8 Å². The molecule has 100 valence electrons. The second-order valence-corrected chi connectivity index (χ2v) is 5.85. The molecular weight excluding hydrogens is 220 g/mol. The number of hydrogen-bond acceptors (Lipinski definition) is 4. The summed E-state index contributed by atoms with van der Waals surface area (Å²) in [6, 6.07) is 0.0803. The fourth-order valence-electron chi connectivity index (χ4n) is 1.98. The van der Waals surface area contributed by atoms with Crippen LogP contribution in [0.15, 0.2) is 0 Å². The van der Waals surface area contributed by atoms with E-state index in [4.69, 9.17) is 10.5 Å². The van der Waals surface area contributed by atoms with Crippen LogP contribution in [0.25, 0.3) is 0 Å². The number of carbonyl (C=O) groups is 1. The normalized spacial score (nSPS) is 29.8. The van der Waals surface area contributed by atoms with Gasteiger partial charge in [0.1, 0.15) is 5.60 Å². The van der Waals surface area contributed by atoms with Crippen molar-refractivity contribution in [2.24, 2.45) is 5.73 Å². The van der Waals surface area contributed by atoms with Gasteiger partial charge in [0.25, 0.3) is 0 Å². The molecule has 1 amide bonds. The molecule has 1 rings (SSSR count). The zero-order chi connectivity index (χ0) is 13.1. The summed E-state index contributed by atoms with van der Waals surface area (Å²) in [5.74, 6) is 0. The smallest absolute Gasteiger partial charge is 0.407 e. The maximum Gasteiger partial charge on any atom is 0.407 e. The lowest BCUT2D eigenvalue weighted by Crippen LogP contribution is -2.47. The van der Waals surface area contributed by atoms with Crippen molar-refractivity contribution in [2.75, 3.05) is 6.54 Å². The number of hydrogen-bond donors (Lipinski definition) is 3. The van der Waals surface area contributed by atoms with Gasteiger partial charge in [0, 0.05) is 12.6 Å². The molecule has 0 aliphatic heterocycles. The highest BCUT2D eigenvalue weighted by Crippen LogP contribution is 2.27. The van der Waals surface area contributed by atoms with E-state index in [1.54, 1.807) is 0 Å². The molecule has 0 aromatic heterocycles. The molecular formula is C12H24N2O3. The molecule has 0 unspecified atom stereocenters. The van der Waals surface area contributed by atoms with Crippen LogP contribution in [0, 0.1) is 0 Å². The van der Waals surface area contributed by atoms with Crippen molar-refractivity contribution in [3.8, 4) is 0 Å². The molecule has 0 spiro atoms. The van der Waals surface area contributed by atoms with Crippen LogP contribution in [-0.2, 0) is 4.74 Å². The predicted molar refractivity (Wildman–Crippen MR) is 65.6 cm³/mol. The zero-order valence-corrected chi connectivity index (χ0v) is 11.0. The van der Waals surface area contributed by atoms with Crippen LogP contribution in [0.5, 0.6) is 0 Å². The minimum Gasteiger partial charge on any atom is -0.444 e. The van der Waals surface area contributed by atoms with Crippen LogP contribution in [0.4, 0.5) is 4.79 Å². The van der Waals surface area contributed by atoms with Gasteiger partial charge in [-0.2, -0.15) is 0 Å². The van der Waals surface area contributed by atoms with Crippen LogP contribution in [0.1, 0.15) is 46.5 Å². The summed E-state index contributed by atoms with van der Waals surface area (Å²) in [5.41, 5.74) is 4.29. The molecule has 4 N–H and O–H groups in total. The quantitative estimate of drug-likeness (QED) is 0.680. The maximum atomic E-state index is 11.5. The highest BCUT2D eigenvalue weighted by molar-refractivity contribution is 5.68. The van der Waals surface area contributed by atoms with Crippen molar-refractivity contribution in [1.82, 2.24) is 5.32 Å². The van der Waals surface area contributed by atoms with Crippen LogP contribution in [0.2, 0.25) is 0 Å². The lowest BCUT2D eigenvalue weighted by molar-refractivity contribution is 0.00141. The van der Waals surface area contributed by atoms with Crippen LogP contribution in [0.3, 0.4) is 0 Å². The standard InChI is InChI=1S/C12H24N2O3/c1-11(2,3)17-10(15)14-9-4-6-12(16,8-13)7-5-9/h9,16H,4-8,13H2,1-3H3,(H,14,15). The molecule has 0 atom stereocenters. The SMILES string of the molecule is CC(C)(C)OC(=O)NC1CCC(O)(CN)CC1. The van der Waals surface area contributed by atoms with Gasteiger partial charge in [-0.15, -0.1) is 0 Å². The lowest BCUT2D eigenvalue weighted by atomic mass is 9.82. The summed E-state index contributed by atoms with van der Waals surface area (Å²) in [4.78, 5) is 11.5. The van der Waals surface area contributed by atoms with Gasteiger partial charge in [-0.25, -0.2) is 4.79 Å². The van der Waals surface area contributed by atoms with Gasteiger partial charge in [0.05, 0.1) is 5.60 Å². The van der Waals surface area contributed by atoms with Crippen LogP contribution >= 0.6 is 0 Å². The number of amides is 1. The third-order valence-electron chi connectivity index (χ3n) is 3.02. The molecule has 0 heterocycles. The first-order valence-corrected chi connectivity index (χ1v) is 6.16. The van der Waals surface area contributed by atoms with Gasteiger partial charge in [-0.05, 0) is 46.5 Å². The van der Waals surface area contributed by atoms with Crippen LogP contribution in [-0.4, -0.2) is 35.0 Å². The van der Waals surface area contributed by atoms with Gasteiger partial charge in [-0.3, -0.25) is 0 Å². The predicted octanol–water partition coefficient (Wildman–Crippen LogP) is 1.14. The molecule has 5 heteroatoms. The molecule has 0 bridgehead atoms. The Hall–Kier alpha value is -0.810. The third-order valence-corrected chi connectivity index (χ3v) is 3.02. The van der Waals surface area contributed by atoms with Crippen molar-refractivity contribution in [2.45, 2.75) is 63.7 Å². The molecule has 0 aromatic rings. The van der Waals surface area contributed by atoms with Crippen molar-refractivity contribution >= 4 is 6.09 Å². The summed E-state index contributed by atoms with van der Waals surface area (Å²) in [6.07, 6.45) is 2.36. The Morgan fingerprint density at radius 2 is 2.00 bits per heavy atom. The summed E-state index contributed by atoms with van der Waals surface area (Å²) >= 11 is 0. The van der Waals surface area contributed by atoms with Gasteiger partial charge >= 0.3 is 6.09 Å². The fourth-order valence-corrected chi connectivity index (χ4v) is 1.98. The first kappa shape index (κ1) is 14.3. The Bertz CT molecular complexity index is 265. The molecule has 1 aliphatic carbocycles. The van der Waals surface area contributed by atoms with E-state index in [0.717, 1.165) is 12.8 Å². The second-order valence-electron chi connectivity index (χ2n) is 5.85. The van der Waals surface area contributed by atoms with Crippen molar-refractivity contribution in [1.29, 1.82) is 0 Å². The number of alkyl carbamates (subject to hydrolysis) is 1. The third kappa shape index (κ3) is 4.91. The largest absolute Gasteiger partial charge is 0.444 e. The minimum absolute atomic E-state index is 0.0803. The number of rotatable bonds is 2. The second kappa shape index (κ2) is 5.23. The van der Waals surface area contributed by atoms with Gasteiger partial charge < -0.3 is 20.9 Å². The van der Waals surface area contributed by atoms with Gasteiger partial charge in [0.2, 0.25) is 0 Å². The molecule has 1 saturated carbocycles. The van der Waals surface area contributed by atoms with Gasteiger partial charge in [-0.1, -0.05) is 0 Å². The summed E-state index contributed by atoms with van der Waals surface area (Å²) in [6.45, 7) is 5.79. The Kier molecular flexibility index (Phi) is 4.38. The first-order valence-electron chi connectivity index (χ1n) is 6.16. The molecule has 0 saturated heterocycles. The Morgan fingerprint density at radius 3 is 2.41 bits per heavy atom. The molecule has 1 aliphatic rings. The van der Waals surface area contributed by atoms with E-state index in [9.17, 15) is 9.90 Å². The summed E-state index contributed by atoms with van der Waals surface area (Å²) < 4.78 is 5.18. The van der Waals surface area contributed by atoms with Crippen molar-refractivity contribution in [3.63, 3.8) is 0 Å². The Balaban J connectivity index is 2.34. The Labute approximate surface area is 103 Å². The highest BCUT2D eigenvalue weighted by Gasteiger charge is 2.32. The maximum absolute atomic E-state index is 11.5. The number of ether oxygens (including phenoxy) is 1. The highest BCUT2D eigenvalue weighted by atomic mass is 16.6. The average Bonchev–Trinajstić information content (AvgIpc) is 2.19. The lowest BCUT2D eigenvalue weighted by Gasteiger charge is -2.35. The molecule has 0 radical (unpaired) electrons. The topological polar surface area (TPSA) is 84.6 Å². The van der Waals surface area contributed by atoms with Crippen molar-refractivity contribution in [3.05, 3.63) is 0 Å². The Morgan fingerprint density at radius 1 is 1.47 bits per heavy atom.